The smallest absolute Gasteiger partial charge is 0.204 e. The SMILES string of the molecule is CCN(C)CCCCOc1cc2oc3cc(OCCCN(CC)CC)c(OC)c(CC=C(C)C)c3c(=O)c2c(O)c1CC=C(C)C. The standard InChI is InChI=1S/C38H56N2O6/c1-10-39(8)20-13-14-22-44-30-24-32-35(36(41)28(30)18-16-26(4)5)37(42)34-29(19-17-27(6)7)38(43-9)33(25-31(34)46-32)45-23-15-21-40(11-2)12-3/h16-17,24-25,41H,10-15,18-23H2,1-9H3. The molecule has 0 aliphatic carbocycles. The molecule has 0 spiro atoms. The van der Waals surface area contributed by atoms with Gasteiger partial charge < -0.3 is 33.5 Å². The fourth-order valence-electron chi connectivity index (χ4n) is 5.50. The van der Waals surface area contributed by atoms with E-state index in [1.165, 1.54) is 0 Å². The highest BCUT2D eigenvalue weighted by atomic mass is 16.5. The third-order valence-electron chi connectivity index (χ3n) is 8.45. The third-order valence-corrected chi connectivity index (χ3v) is 8.45. The van der Waals surface area contributed by atoms with Crippen molar-refractivity contribution >= 4 is 21.9 Å². The number of methoxy groups -OCH3 is 1. The van der Waals surface area contributed by atoms with Gasteiger partial charge in [0.25, 0.3) is 0 Å². The maximum absolute atomic E-state index is 14.3. The highest BCUT2D eigenvalue weighted by Gasteiger charge is 2.24. The first-order valence-corrected chi connectivity index (χ1v) is 16.8. The van der Waals surface area contributed by atoms with E-state index in [9.17, 15) is 9.90 Å². The van der Waals surface area contributed by atoms with Crippen LogP contribution in [0.4, 0.5) is 0 Å². The third kappa shape index (κ3) is 9.52. The Kier molecular flexibility index (Phi) is 14.5. The molecule has 8 nitrogen and oxygen atoms in total. The Bertz CT molecular complexity index is 1560. The van der Waals surface area contributed by atoms with Crippen LogP contribution in [0.25, 0.3) is 21.9 Å². The topological polar surface area (TPSA) is 84.6 Å². The van der Waals surface area contributed by atoms with E-state index in [4.69, 9.17) is 18.6 Å². The van der Waals surface area contributed by atoms with Gasteiger partial charge in [-0.05, 0) is 93.0 Å². The zero-order valence-corrected chi connectivity index (χ0v) is 29.7. The first kappa shape index (κ1) is 37.0. The molecule has 1 heterocycles. The van der Waals surface area contributed by atoms with Gasteiger partial charge in [-0.25, -0.2) is 0 Å². The van der Waals surface area contributed by atoms with Crippen LogP contribution in [0.15, 0.2) is 44.6 Å². The second-order valence-electron chi connectivity index (χ2n) is 12.4. The van der Waals surface area contributed by atoms with E-state index in [-0.39, 0.29) is 22.1 Å². The lowest BCUT2D eigenvalue weighted by Crippen LogP contribution is -2.25. The maximum atomic E-state index is 14.3. The van der Waals surface area contributed by atoms with Crippen molar-refractivity contribution in [3.05, 3.63) is 56.8 Å². The quantitative estimate of drug-likeness (QED) is 0.0808. The molecule has 2 aromatic carbocycles. The van der Waals surface area contributed by atoms with Crippen molar-refractivity contribution in [1.82, 2.24) is 9.80 Å². The monoisotopic (exact) mass is 636 g/mol. The van der Waals surface area contributed by atoms with Gasteiger partial charge in [0.05, 0.1) is 25.7 Å². The molecule has 1 aromatic heterocycles. The summed E-state index contributed by atoms with van der Waals surface area (Å²) in [6.07, 6.45) is 7.69. The molecule has 0 radical (unpaired) electrons. The number of benzene rings is 2. The average molecular weight is 637 g/mol. The van der Waals surface area contributed by atoms with E-state index >= 15 is 0 Å². The highest BCUT2D eigenvalue weighted by Crippen LogP contribution is 2.41. The van der Waals surface area contributed by atoms with Crippen LogP contribution < -0.4 is 19.6 Å². The van der Waals surface area contributed by atoms with Gasteiger partial charge in [0, 0.05) is 29.8 Å². The first-order chi connectivity index (χ1) is 22.1. The predicted octanol–water partition coefficient (Wildman–Crippen LogP) is 7.90. The Morgan fingerprint density at radius 2 is 1.39 bits per heavy atom. The average Bonchev–Trinajstić information content (AvgIpc) is 3.02. The summed E-state index contributed by atoms with van der Waals surface area (Å²) in [5, 5.41) is 12.2. The molecule has 0 atom stereocenters. The molecule has 8 heteroatoms. The molecular formula is C38H56N2O6. The van der Waals surface area contributed by atoms with Gasteiger partial charge in [-0.15, -0.1) is 0 Å². The fraction of sp³-hybridized carbons (Fsp3) is 0.553. The minimum Gasteiger partial charge on any atom is -0.507 e. The Balaban J connectivity index is 2.17. The second kappa shape index (κ2) is 18.0. The lowest BCUT2D eigenvalue weighted by atomic mass is 9.98. The zero-order chi connectivity index (χ0) is 33.8. The lowest BCUT2D eigenvalue weighted by Gasteiger charge is -2.20. The van der Waals surface area contributed by atoms with E-state index < -0.39 is 0 Å². The van der Waals surface area contributed by atoms with Crippen LogP contribution in [0.3, 0.4) is 0 Å². The Hall–Kier alpha value is -3.49. The van der Waals surface area contributed by atoms with Gasteiger partial charge in [0.1, 0.15) is 28.1 Å². The number of aromatic hydroxyl groups is 1. The van der Waals surface area contributed by atoms with Gasteiger partial charge >= 0.3 is 0 Å². The fourth-order valence-corrected chi connectivity index (χ4v) is 5.50. The van der Waals surface area contributed by atoms with Crippen LogP contribution in [0.5, 0.6) is 23.0 Å². The van der Waals surface area contributed by atoms with E-state index in [2.05, 4.69) is 43.7 Å². The van der Waals surface area contributed by atoms with Crippen molar-refractivity contribution in [2.24, 2.45) is 0 Å². The molecule has 0 aliphatic rings. The van der Waals surface area contributed by atoms with E-state index in [1.54, 1.807) is 19.2 Å². The van der Waals surface area contributed by atoms with E-state index in [0.717, 1.165) is 63.1 Å². The van der Waals surface area contributed by atoms with Crippen molar-refractivity contribution in [1.29, 1.82) is 0 Å². The van der Waals surface area contributed by atoms with Crippen LogP contribution in [0.1, 0.15) is 78.9 Å². The highest BCUT2D eigenvalue weighted by molar-refractivity contribution is 5.98. The number of rotatable bonds is 19. The van der Waals surface area contributed by atoms with Crippen LogP contribution >= 0.6 is 0 Å². The molecule has 1 N–H and O–H groups in total. The Morgan fingerprint density at radius 3 is 2.00 bits per heavy atom. The summed E-state index contributed by atoms with van der Waals surface area (Å²) >= 11 is 0. The summed E-state index contributed by atoms with van der Waals surface area (Å²) in [4.78, 5) is 19.0. The first-order valence-electron chi connectivity index (χ1n) is 16.8. The van der Waals surface area contributed by atoms with Crippen molar-refractivity contribution in [3.8, 4) is 23.0 Å². The van der Waals surface area contributed by atoms with Gasteiger partial charge in [-0.3, -0.25) is 4.79 Å². The molecule has 0 aliphatic heterocycles. The van der Waals surface area contributed by atoms with Gasteiger partial charge in [-0.2, -0.15) is 0 Å². The Labute approximate surface area is 275 Å². The van der Waals surface area contributed by atoms with Gasteiger partial charge in [-0.1, -0.05) is 44.1 Å². The molecule has 0 saturated carbocycles. The van der Waals surface area contributed by atoms with Crippen LogP contribution in [-0.4, -0.2) is 75.0 Å². The van der Waals surface area contributed by atoms with Crippen molar-refractivity contribution in [3.63, 3.8) is 0 Å². The number of phenols is 1. The largest absolute Gasteiger partial charge is 0.507 e. The number of unbranched alkanes of at least 4 members (excludes halogenated alkanes) is 1. The molecule has 254 valence electrons. The van der Waals surface area contributed by atoms with Crippen molar-refractivity contribution < 1.29 is 23.7 Å². The summed E-state index contributed by atoms with van der Waals surface area (Å²) in [5.41, 5.74) is 3.85. The van der Waals surface area contributed by atoms with E-state index in [1.807, 2.05) is 33.8 Å². The summed E-state index contributed by atoms with van der Waals surface area (Å²) in [5.74, 6) is 1.47. The molecule has 0 unspecified atom stereocenters. The number of hydrogen-bond donors (Lipinski definition) is 1. The van der Waals surface area contributed by atoms with Crippen LogP contribution in [-0.2, 0) is 12.8 Å². The Morgan fingerprint density at radius 1 is 0.804 bits per heavy atom. The van der Waals surface area contributed by atoms with Crippen molar-refractivity contribution in [2.45, 2.75) is 80.6 Å². The summed E-state index contributed by atoms with van der Waals surface area (Å²) in [7, 11) is 3.70. The number of hydrogen-bond acceptors (Lipinski definition) is 8. The predicted molar refractivity (Wildman–Crippen MR) is 190 cm³/mol. The number of ether oxygens (including phenoxy) is 3. The van der Waals surface area contributed by atoms with Gasteiger partial charge in [0.2, 0.25) is 5.43 Å². The van der Waals surface area contributed by atoms with Crippen molar-refractivity contribution in [2.75, 3.05) is 60.1 Å². The van der Waals surface area contributed by atoms with Crippen LogP contribution in [0.2, 0.25) is 0 Å². The molecule has 46 heavy (non-hydrogen) atoms. The lowest BCUT2D eigenvalue weighted by molar-refractivity contribution is 0.242. The zero-order valence-electron chi connectivity index (χ0n) is 29.7. The van der Waals surface area contributed by atoms with Crippen LogP contribution in [0, 0.1) is 0 Å². The molecule has 0 amide bonds. The number of allylic oxidation sites excluding steroid dienone is 4. The summed E-state index contributed by atoms with van der Waals surface area (Å²) in [6, 6.07) is 3.50. The number of fused-ring (bicyclic) bond motifs is 2. The number of phenolic OH excluding ortho intramolecular Hbond substituents is 1. The summed E-state index contributed by atoms with van der Waals surface area (Å²) in [6.45, 7) is 20.4. The minimum atomic E-state index is -0.301. The molecule has 0 saturated heterocycles. The minimum absolute atomic E-state index is 0.102. The summed E-state index contributed by atoms with van der Waals surface area (Å²) < 4.78 is 24.9. The van der Waals surface area contributed by atoms with Gasteiger partial charge in [0.15, 0.2) is 11.5 Å². The normalized spacial score (nSPS) is 11.5. The molecular weight excluding hydrogens is 580 g/mol. The molecule has 0 fully saturated rings. The van der Waals surface area contributed by atoms with E-state index in [0.29, 0.717) is 65.4 Å². The molecule has 3 rings (SSSR count). The maximum Gasteiger partial charge on any atom is 0.204 e. The number of nitrogens with zero attached hydrogens (tertiary/aromatic N) is 2. The molecule has 0 bridgehead atoms. The second-order valence-corrected chi connectivity index (χ2v) is 12.4. The molecule has 3 aromatic rings.